The van der Waals surface area contributed by atoms with Gasteiger partial charge in [0.15, 0.2) is 6.17 Å². The second kappa shape index (κ2) is 9.50. The maximum atomic E-state index is 16.6. The zero-order valence-corrected chi connectivity index (χ0v) is 20.9. The smallest absolute Gasteiger partial charge is 0.388 e. The van der Waals surface area contributed by atoms with Crippen LogP contribution in [0.3, 0.4) is 0 Å². The molecule has 1 unspecified atom stereocenters. The Labute approximate surface area is 213 Å². The lowest BCUT2D eigenvalue weighted by molar-refractivity contribution is -0.137. The second-order valence-corrected chi connectivity index (χ2v) is 11.2. The Morgan fingerprint density at radius 3 is 2.19 bits per heavy atom. The minimum absolute atomic E-state index is 0.00868. The lowest BCUT2D eigenvalue weighted by Gasteiger charge is -2.37. The normalized spacial score (nSPS) is 20.6. The maximum Gasteiger partial charge on any atom is 0.416 e. The largest absolute Gasteiger partial charge is 0.416 e. The molecule has 1 fully saturated rings. The van der Waals surface area contributed by atoms with Gasteiger partial charge in [-0.15, -0.1) is 0 Å². The molecule has 3 aromatic rings. The van der Waals surface area contributed by atoms with E-state index in [4.69, 9.17) is 4.98 Å². The molecule has 5 rings (SSSR count). The molecule has 1 heterocycles. The Kier molecular flexibility index (Phi) is 6.63. The average molecular weight is 516 g/mol. The van der Waals surface area contributed by atoms with E-state index in [1.54, 1.807) is 12.1 Å². The molecule has 2 aliphatic carbocycles. The molecule has 0 aliphatic heterocycles. The van der Waals surface area contributed by atoms with Gasteiger partial charge in [-0.3, -0.25) is 4.98 Å². The van der Waals surface area contributed by atoms with Gasteiger partial charge in [0.2, 0.25) is 0 Å². The Hall–Kier alpha value is -2.80. The summed E-state index contributed by atoms with van der Waals surface area (Å²) in [5, 5.41) is 11.3. The van der Waals surface area contributed by atoms with Crippen molar-refractivity contribution in [2.75, 3.05) is 0 Å². The van der Waals surface area contributed by atoms with E-state index in [0.29, 0.717) is 40.9 Å². The Balaban J connectivity index is 1.77. The third-order valence-electron chi connectivity index (χ3n) is 7.76. The highest BCUT2D eigenvalue weighted by atomic mass is 19.4. The van der Waals surface area contributed by atoms with Crippen LogP contribution in [0.4, 0.5) is 22.0 Å². The van der Waals surface area contributed by atoms with Crippen LogP contribution in [0, 0.1) is 11.2 Å². The number of pyridine rings is 1. The third kappa shape index (κ3) is 5.02. The monoisotopic (exact) mass is 515 g/mol. The van der Waals surface area contributed by atoms with Gasteiger partial charge in [0.1, 0.15) is 5.82 Å². The van der Waals surface area contributed by atoms with Crippen LogP contribution in [0.5, 0.6) is 0 Å². The molecule has 2 aromatic carbocycles. The molecule has 2 nitrogen and oxygen atoms in total. The molecule has 2 atom stereocenters. The number of benzene rings is 2. The van der Waals surface area contributed by atoms with E-state index >= 15 is 4.39 Å². The van der Waals surface area contributed by atoms with E-state index in [1.165, 1.54) is 24.3 Å². The predicted molar refractivity (Wildman–Crippen MR) is 132 cm³/mol. The number of fused-ring (bicyclic) bond motifs is 1. The Morgan fingerprint density at radius 1 is 0.973 bits per heavy atom. The van der Waals surface area contributed by atoms with Crippen molar-refractivity contribution in [3.8, 4) is 11.1 Å². The van der Waals surface area contributed by atoms with Crippen molar-refractivity contribution in [1.29, 1.82) is 0 Å². The SMILES string of the molecule is CC1(C)Cc2nc(C3CCCC3)c([C@@H](F)c3ccc(C(F)(F)F)cc3)c(-c3ccc(F)cc3)c2C(O)C1. The molecular weight excluding hydrogens is 485 g/mol. The minimum atomic E-state index is -4.52. The van der Waals surface area contributed by atoms with Crippen LogP contribution in [0.25, 0.3) is 11.1 Å². The predicted octanol–water partition coefficient (Wildman–Crippen LogP) is 8.63. The highest BCUT2D eigenvalue weighted by Crippen LogP contribution is 2.50. The van der Waals surface area contributed by atoms with Crippen molar-refractivity contribution in [3.63, 3.8) is 0 Å². The third-order valence-corrected chi connectivity index (χ3v) is 7.76. The van der Waals surface area contributed by atoms with Crippen LogP contribution in [-0.4, -0.2) is 10.1 Å². The van der Waals surface area contributed by atoms with E-state index < -0.39 is 29.8 Å². The maximum absolute atomic E-state index is 16.6. The Morgan fingerprint density at radius 2 is 1.59 bits per heavy atom. The molecule has 0 bridgehead atoms. The van der Waals surface area contributed by atoms with Gasteiger partial charge < -0.3 is 5.11 Å². The van der Waals surface area contributed by atoms with Gasteiger partial charge in [-0.2, -0.15) is 13.2 Å². The zero-order chi connectivity index (χ0) is 26.5. The highest BCUT2D eigenvalue weighted by molar-refractivity contribution is 5.75. The molecule has 0 radical (unpaired) electrons. The number of hydrogen-bond donors (Lipinski definition) is 1. The number of aliphatic hydroxyl groups excluding tert-OH is 1. The first-order valence-corrected chi connectivity index (χ1v) is 12.8. The molecule has 37 heavy (non-hydrogen) atoms. The molecule has 7 heteroatoms. The fraction of sp³-hybridized carbons (Fsp3) is 0.433. The zero-order valence-electron chi connectivity index (χ0n) is 20.9. The van der Waals surface area contributed by atoms with E-state index in [9.17, 15) is 22.7 Å². The number of aromatic nitrogens is 1. The van der Waals surface area contributed by atoms with Crippen molar-refractivity contribution >= 4 is 0 Å². The molecule has 0 amide bonds. The van der Waals surface area contributed by atoms with Gasteiger partial charge in [0, 0.05) is 22.7 Å². The van der Waals surface area contributed by atoms with Gasteiger partial charge in [-0.05, 0) is 72.1 Å². The van der Waals surface area contributed by atoms with E-state index in [-0.39, 0.29) is 22.5 Å². The van der Waals surface area contributed by atoms with Gasteiger partial charge in [-0.1, -0.05) is 51.0 Å². The fourth-order valence-electron chi connectivity index (χ4n) is 6.03. The Bertz CT molecular complexity index is 1280. The number of rotatable bonds is 4. The van der Waals surface area contributed by atoms with E-state index in [0.717, 1.165) is 37.8 Å². The summed E-state index contributed by atoms with van der Waals surface area (Å²) in [6.45, 7) is 4.11. The van der Waals surface area contributed by atoms with Crippen LogP contribution in [-0.2, 0) is 12.6 Å². The van der Waals surface area contributed by atoms with Gasteiger partial charge in [0.25, 0.3) is 0 Å². The highest BCUT2D eigenvalue weighted by Gasteiger charge is 2.39. The van der Waals surface area contributed by atoms with Gasteiger partial charge in [-0.25, -0.2) is 8.78 Å². The van der Waals surface area contributed by atoms with Gasteiger partial charge in [0.05, 0.1) is 17.4 Å². The van der Waals surface area contributed by atoms with Crippen LogP contribution >= 0.6 is 0 Å². The summed E-state index contributed by atoms with van der Waals surface area (Å²) in [5.74, 6) is -0.431. The minimum Gasteiger partial charge on any atom is -0.388 e. The standard InChI is InChI=1S/C30H30F5NO/c1-29(2)15-22-25(23(37)16-29)24(17-9-13-21(31)14-10-17)26(28(36-22)19-5-3-4-6-19)27(32)18-7-11-20(12-8-18)30(33,34)35/h7-14,19,23,27,37H,3-6,15-16H2,1-2H3/t23?,27-/m0/s1. The number of halogens is 5. The summed E-state index contributed by atoms with van der Waals surface area (Å²) in [6.07, 6.45) is -2.48. The molecule has 2 aliphatic rings. The molecule has 0 saturated heterocycles. The number of alkyl halides is 4. The number of hydrogen-bond acceptors (Lipinski definition) is 2. The van der Waals surface area contributed by atoms with Crippen molar-refractivity contribution < 1.29 is 27.1 Å². The first-order chi connectivity index (χ1) is 17.4. The van der Waals surface area contributed by atoms with Crippen molar-refractivity contribution in [2.45, 2.75) is 76.7 Å². The van der Waals surface area contributed by atoms with Gasteiger partial charge >= 0.3 is 6.18 Å². The summed E-state index contributed by atoms with van der Waals surface area (Å²) in [6, 6.07) is 9.84. The molecule has 0 spiro atoms. The summed E-state index contributed by atoms with van der Waals surface area (Å²) < 4.78 is 70.0. The molecule has 196 valence electrons. The van der Waals surface area contributed by atoms with Crippen molar-refractivity contribution in [3.05, 3.63) is 88.0 Å². The van der Waals surface area contributed by atoms with E-state index in [1.807, 2.05) is 0 Å². The fourth-order valence-corrected chi connectivity index (χ4v) is 6.03. The first kappa shape index (κ1) is 25.8. The average Bonchev–Trinajstić information content (AvgIpc) is 3.37. The van der Waals surface area contributed by atoms with Crippen molar-refractivity contribution in [1.82, 2.24) is 4.98 Å². The quantitative estimate of drug-likeness (QED) is 0.353. The molecule has 1 saturated carbocycles. The lowest BCUT2D eigenvalue weighted by Crippen LogP contribution is -2.29. The summed E-state index contributed by atoms with van der Waals surface area (Å²) in [7, 11) is 0. The topological polar surface area (TPSA) is 33.1 Å². The summed E-state index contributed by atoms with van der Waals surface area (Å²) >= 11 is 0. The lowest BCUT2D eigenvalue weighted by atomic mass is 9.71. The van der Waals surface area contributed by atoms with E-state index in [2.05, 4.69) is 13.8 Å². The summed E-state index contributed by atoms with van der Waals surface area (Å²) in [4.78, 5) is 4.99. The first-order valence-electron chi connectivity index (χ1n) is 12.8. The van der Waals surface area contributed by atoms with Crippen LogP contribution in [0.1, 0.15) is 97.8 Å². The van der Waals surface area contributed by atoms with Crippen molar-refractivity contribution in [2.24, 2.45) is 5.41 Å². The molecule has 1 aromatic heterocycles. The number of nitrogens with zero attached hydrogens (tertiary/aromatic N) is 1. The molecular formula is C30H30F5NO. The van der Waals surface area contributed by atoms with Crippen LogP contribution in [0.15, 0.2) is 48.5 Å². The van der Waals surface area contributed by atoms with Crippen LogP contribution in [0.2, 0.25) is 0 Å². The molecule has 1 N–H and O–H groups in total. The van der Waals surface area contributed by atoms with Crippen LogP contribution < -0.4 is 0 Å². The second-order valence-electron chi connectivity index (χ2n) is 11.2. The summed E-state index contributed by atoms with van der Waals surface area (Å²) in [5.41, 5.74) is 2.21. The number of aliphatic hydroxyl groups is 1.